The number of rotatable bonds is 1. The maximum atomic E-state index is 3.96. The van der Waals surface area contributed by atoms with E-state index in [9.17, 15) is 0 Å². The fourth-order valence-corrected chi connectivity index (χ4v) is 1.49. The highest BCUT2D eigenvalue weighted by atomic mass is 127. The summed E-state index contributed by atoms with van der Waals surface area (Å²) in [6.07, 6.45) is 1.86. The zero-order chi connectivity index (χ0) is 7.78. The van der Waals surface area contributed by atoms with Gasteiger partial charge in [0, 0.05) is 0 Å². The molecule has 0 amide bonds. The molecule has 0 saturated carbocycles. The van der Waals surface area contributed by atoms with Crippen LogP contribution in [0.25, 0.3) is 0 Å². The van der Waals surface area contributed by atoms with Crippen molar-refractivity contribution in [1.29, 1.82) is 0 Å². The van der Waals surface area contributed by atoms with Gasteiger partial charge in [-0.15, -0.1) is 0 Å². The van der Waals surface area contributed by atoms with Crippen LogP contribution < -0.4 is 0 Å². The first-order valence-electron chi connectivity index (χ1n) is 3.21. The lowest BCUT2D eigenvalue weighted by Gasteiger charge is -2.14. The number of nitrogens with one attached hydrogen (secondary N) is 1. The molecule has 3 heteroatoms. The average molecular weight is 250 g/mol. The minimum Gasteiger partial charge on any atom is -0.281 e. The van der Waals surface area contributed by atoms with E-state index in [1.54, 1.807) is 0 Å². The van der Waals surface area contributed by atoms with Gasteiger partial charge in [-0.2, -0.15) is 5.10 Å². The van der Waals surface area contributed by atoms with Crippen molar-refractivity contribution in [1.82, 2.24) is 10.2 Å². The second kappa shape index (κ2) is 2.53. The molecular formula is C7H11IN2. The van der Waals surface area contributed by atoms with Crippen LogP contribution >= 0.6 is 22.6 Å². The van der Waals surface area contributed by atoms with Crippen molar-refractivity contribution in [2.24, 2.45) is 0 Å². The highest BCUT2D eigenvalue weighted by Gasteiger charge is 2.19. The number of H-pyrrole nitrogens is 1. The third-order valence-corrected chi connectivity index (χ3v) is 1.96. The summed E-state index contributed by atoms with van der Waals surface area (Å²) in [5.41, 5.74) is 2.45. The van der Waals surface area contributed by atoms with Crippen LogP contribution in [-0.2, 0) is 3.42 Å². The number of hydrogen-bond acceptors (Lipinski definition) is 1. The number of hydrogen-bond donors (Lipinski definition) is 1. The summed E-state index contributed by atoms with van der Waals surface area (Å²) in [7, 11) is 0. The molecule has 0 unspecified atom stereocenters. The largest absolute Gasteiger partial charge is 0.281 e. The molecule has 0 aliphatic rings. The predicted molar refractivity (Wildman–Crippen MR) is 50.4 cm³/mol. The van der Waals surface area contributed by atoms with Crippen molar-refractivity contribution in [2.45, 2.75) is 24.2 Å². The molecule has 1 N–H and O–H groups in total. The fraction of sp³-hybridized carbons (Fsp3) is 0.571. The minimum atomic E-state index is 0.165. The monoisotopic (exact) mass is 250 g/mol. The van der Waals surface area contributed by atoms with E-state index in [1.807, 2.05) is 6.20 Å². The molecule has 0 spiro atoms. The number of nitrogens with zero attached hydrogens (tertiary/aromatic N) is 1. The summed E-state index contributed by atoms with van der Waals surface area (Å²) in [5.74, 6) is 0. The van der Waals surface area contributed by atoms with Gasteiger partial charge in [0.1, 0.15) is 0 Å². The van der Waals surface area contributed by atoms with E-state index in [-0.39, 0.29) is 3.42 Å². The van der Waals surface area contributed by atoms with Crippen LogP contribution in [0.1, 0.15) is 25.1 Å². The van der Waals surface area contributed by atoms with Crippen LogP contribution in [0.15, 0.2) is 6.20 Å². The average Bonchev–Trinajstić information content (AvgIpc) is 2.11. The molecule has 0 radical (unpaired) electrons. The highest BCUT2D eigenvalue weighted by molar-refractivity contribution is 14.1. The number of aromatic amines is 1. The molecule has 1 aromatic heterocycles. The summed E-state index contributed by atoms with van der Waals surface area (Å²) in [6, 6.07) is 0. The maximum absolute atomic E-state index is 3.96. The van der Waals surface area contributed by atoms with E-state index in [4.69, 9.17) is 0 Å². The van der Waals surface area contributed by atoms with Gasteiger partial charge in [0.2, 0.25) is 0 Å². The smallest absolute Gasteiger partial charge is 0.0583 e. The van der Waals surface area contributed by atoms with Crippen molar-refractivity contribution < 1.29 is 0 Å². The van der Waals surface area contributed by atoms with Gasteiger partial charge in [-0.1, -0.05) is 22.6 Å². The van der Waals surface area contributed by atoms with E-state index >= 15 is 0 Å². The van der Waals surface area contributed by atoms with E-state index in [2.05, 4.69) is 53.6 Å². The Balaban J connectivity index is 3.05. The van der Waals surface area contributed by atoms with E-state index in [0.29, 0.717) is 0 Å². The summed E-state index contributed by atoms with van der Waals surface area (Å²) >= 11 is 2.39. The van der Waals surface area contributed by atoms with Crippen LogP contribution in [0.2, 0.25) is 0 Å². The van der Waals surface area contributed by atoms with Crippen molar-refractivity contribution >= 4 is 22.6 Å². The van der Waals surface area contributed by atoms with Gasteiger partial charge in [-0.25, -0.2) is 0 Å². The topological polar surface area (TPSA) is 28.7 Å². The van der Waals surface area contributed by atoms with Gasteiger partial charge in [-0.05, 0) is 26.3 Å². The van der Waals surface area contributed by atoms with Gasteiger partial charge >= 0.3 is 0 Å². The predicted octanol–water partition coefficient (Wildman–Crippen LogP) is 2.39. The number of alkyl halides is 1. The molecule has 0 bridgehead atoms. The molecule has 1 rings (SSSR count). The summed E-state index contributed by atoms with van der Waals surface area (Å²) in [4.78, 5) is 0. The molecule has 1 aromatic rings. The molecule has 56 valence electrons. The Morgan fingerprint density at radius 3 is 2.40 bits per heavy atom. The van der Waals surface area contributed by atoms with E-state index in [1.165, 1.54) is 11.3 Å². The lowest BCUT2D eigenvalue weighted by Crippen LogP contribution is -2.08. The molecule has 0 fully saturated rings. The third-order valence-electron chi connectivity index (χ3n) is 1.42. The van der Waals surface area contributed by atoms with Crippen LogP contribution in [-0.4, -0.2) is 10.2 Å². The molecule has 0 aromatic carbocycles. The first-order chi connectivity index (χ1) is 4.52. The quantitative estimate of drug-likeness (QED) is 0.601. The van der Waals surface area contributed by atoms with Crippen molar-refractivity contribution in [3.05, 3.63) is 17.5 Å². The Morgan fingerprint density at radius 2 is 2.20 bits per heavy atom. The number of halogens is 1. The first kappa shape index (κ1) is 8.04. The van der Waals surface area contributed by atoms with Gasteiger partial charge in [-0.3, -0.25) is 5.10 Å². The van der Waals surface area contributed by atoms with E-state index in [0.717, 1.165) is 0 Å². The second-order valence-electron chi connectivity index (χ2n) is 2.90. The Kier molecular flexibility index (Phi) is 2.03. The summed E-state index contributed by atoms with van der Waals surface area (Å²) < 4.78 is 0.165. The van der Waals surface area contributed by atoms with E-state index < -0.39 is 0 Å². The zero-order valence-corrected chi connectivity index (χ0v) is 8.56. The van der Waals surface area contributed by atoms with Crippen LogP contribution in [0.5, 0.6) is 0 Å². The number of aromatic nitrogens is 2. The summed E-state index contributed by atoms with van der Waals surface area (Å²) in [6.45, 7) is 6.39. The molecule has 10 heavy (non-hydrogen) atoms. The SMILES string of the molecule is Cc1cn[nH]c1C(C)(C)I. The van der Waals surface area contributed by atoms with Crippen LogP contribution in [0, 0.1) is 6.92 Å². The maximum Gasteiger partial charge on any atom is 0.0583 e. The van der Waals surface area contributed by atoms with Gasteiger partial charge in [0.15, 0.2) is 0 Å². The van der Waals surface area contributed by atoms with Crippen molar-refractivity contribution in [2.75, 3.05) is 0 Å². The molecular weight excluding hydrogens is 239 g/mol. The Bertz CT molecular complexity index is 222. The Morgan fingerprint density at radius 1 is 1.60 bits per heavy atom. The summed E-state index contributed by atoms with van der Waals surface area (Å²) in [5, 5.41) is 6.95. The Labute approximate surface area is 74.6 Å². The van der Waals surface area contributed by atoms with Crippen LogP contribution in [0.3, 0.4) is 0 Å². The lowest BCUT2D eigenvalue weighted by molar-refractivity contribution is 0.771. The second-order valence-corrected chi connectivity index (χ2v) is 5.60. The molecule has 0 aliphatic carbocycles. The van der Waals surface area contributed by atoms with Crippen LogP contribution in [0.4, 0.5) is 0 Å². The van der Waals surface area contributed by atoms with Gasteiger partial charge < -0.3 is 0 Å². The molecule has 0 aliphatic heterocycles. The fourth-order valence-electron chi connectivity index (χ4n) is 0.948. The van der Waals surface area contributed by atoms with Gasteiger partial charge in [0.25, 0.3) is 0 Å². The zero-order valence-electron chi connectivity index (χ0n) is 6.40. The van der Waals surface area contributed by atoms with Gasteiger partial charge in [0.05, 0.1) is 15.3 Å². The molecule has 0 saturated heterocycles. The van der Waals surface area contributed by atoms with Crippen molar-refractivity contribution in [3.8, 4) is 0 Å². The first-order valence-corrected chi connectivity index (χ1v) is 4.29. The standard InChI is InChI=1S/C7H11IN2/c1-5-4-9-10-6(5)7(2,3)8/h4H,1-3H3,(H,9,10). The lowest BCUT2D eigenvalue weighted by atomic mass is 10.1. The third kappa shape index (κ3) is 1.51. The molecule has 1 heterocycles. The molecule has 2 nitrogen and oxygen atoms in total. The Hall–Kier alpha value is -0.0600. The molecule has 0 atom stereocenters. The normalized spacial score (nSPS) is 12.0. The van der Waals surface area contributed by atoms with Crippen molar-refractivity contribution in [3.63, 3.8) is 0 Å². The minimum absolute atomic E-state index is 0.165. The number of aryl methyl sites for hydroxylation is 1. The highest BCUT2D eigenvalue weighted by Crippen LogP contribution is 2.30.